The molecule has 0 unspecified atom stereocenters. The highest BCUT2D eigenvalue weighted by atomic mass is 15.0. The predicted molar refractivity (Wildman–Crippen MR) is 40.5 cm³/mol. The maximum absolute atomic E-state index is 3.53. The first-order valence-electron chi connectivity index (χ1n) is 3.90. The molecule has 9 heavy (non-hydrogen) atoms. The number of rotatable bonds is 1. The first-order chi connectivity index (χ1) is 4.15. The summed E-state index contributed by atoms with van der Waals surface area (Å²) < 4.78 is 0. The van der Waals surface area contributed by atoms with E-state index in [1.54, 1.807) is 0 Å². The summed E-state index contributed by atoms with van der Waals surface area (Å²) in [5.41, 5.74) is 0.444. The molecule has 1 saturated heterocycles. The molecule has 0 radical (unpaired) electrons. The molecule has 1 heterocycles. The van der Waals surface area contributed by atoms with E-state index in [-0.39, 0.29) is 0 Å². The maximum Gasteiger partial charge on any atom is 0.0176 e. The fourth-order valence-corrected chi connectivity index (χ4v) is 1.41. The summed E-state index contributed by atoms with van der Waals surface area (Å²) in [5.74, 6) is 0.778. The van der Waals surface area contributed by atoms with Gasteiger partial charge in [0.05, 0.1) is 0 Å². The highest BCUT2D eigenvalue weighted by Crippen LogP contribution is 2.26. The molecule has 0 amide bonds. The molecule has 1 N–H and O–H groups in total. The fraction of sp³-hybridized carbons (Fsp3) is 1.00. The van der Waals surface area contributed by atoms with E-state index < -0.39 is 0 Å². The van der Waals surface area contributed by atoms with E-state index in [2.05, 4.69) is 26.1 Å². The van der Waals surface area contributed by atoms with Crippen molar-refractivity contribution in [3.63, 3.8) is 0 Å². The summed E-state index contributed by atoms with van der Waals surface area (Å²) in [4.78, 5) is 0. The SMILES string of the molecule is CC(C)[C@]1(C)CCCN1. The minimum absolute atomic E-state index is 0.444. The largest absolute Gasteiger partial charge is 0.311 e. The monoisotopic (exact) mass is 127 g/mol. The van der Waals surface area contributed by atoms with Gasteiger partial charge in [-0.2, -0.15) is 0 Å². The molecule has 1 aliphatic rings. The third-order valence-electron chi connectivity index (χ3n) is 2.68. The highest BCUT2D eigenvalue weighted by Gasteiger charge is 2.30. The number of hydrogen-bond acceptors (Lipinski definition) is 1. The van der Waals surface area contributed by atoms with Crippen molar-refractivity contribution in [2.24, 2.45) is 5.92 Å². The average Bonchev–Trinajstić information content (AvgIpc) is 2.16. The lowest BCUT2D eigenvalue weighted by Crippen LogP contribution is -2.41. The number of nitrogens with one attached hydrogen (secondary N) is 1. The minimum Gasteiger partial charge on any atom is -0.311 e. The Balaban J connectivity index is 2.51. The van der Waals surface area contributed by atoms with Gasteiger partial charge in [0, 0.05) is 5.54 Å². The van der Waals surface area contributed by atoms with Gasteiger partial charge in [-0.05, 0) is 32.2 Å². The van der Waals surface area contributed by atoms with Gasteiger partial charge in [-0.3, -0.25) is 0 Å². The lowest BCUT2D eigenvalue weighted by atomic mass is 9.87. The molecular weight excluding hydrogens is 110 g/mol. The summed E-state index contributed by atoms with van der Waals surface area (Å²) in [7, 11) is 0. The summed E-state index contributed by atoms with van der Waals surface area (Å²) >= 11 is 0. The van der Waals surface area contributed by atoms with Crippen LogP contribution in [0.5, 0.6) is 0 Å². The lowest BCUT2D eigenvalue weighted by molar-refractivity contribution is 0.301. The Hall–Kier alpha value is -0.0400. The van der Waals surface area contributed by atoms with Crippen molar-refractivity contribution in [1.29, 1.82) is 0 Å². The van der Waals surface area contributed by atoms with Crippen molar-refractivity contribution in [3.8, 4) is 0 Å². The van der Waals surface area contributed by atoms with Crippen molar-refractivity contribution in [1.82, 2.24) is 5.32 Å². The Morgan fingerprint density at radius 2 is 2.11 bits per heavy atom. The molecule has 1 nitrogen and oxygen atoms in total. The molecule has 0 spiro atoms. The fourth-order valence-electron chi connectivity index (χ4n) is 1.41. The first-order valence-corrected chi connectivity index (χ1v) is 3.90. The van der Waals surface area contributed by atoms with Crippen LogP contribution >= 0.6 is 0 Å². The molecule has 1 rings (SSSR count). The van der Waals surface area contributed by atoms with Crippen LogP contribution in [0.25, 0.3) is 0 Å². The zero-order valence-electron chi connectivity index (χ0n) is 6.70. The van der Waals surface area contributed by atoms with Crippen LogP contribution in [0.2, 0.25) is 0 Å². The third kappa shape index (κ3) is 1.26. The summed E-state index contributed by atoms with van der Waals surface area (Å²) in [6.07, 6.45) is 2.71. The molecule has 1 atom stereocenters. The zero-order valence-corrected chi connectivity index (χ0v) is 6.70. The average molecular weight is 127 g/mol. The Bertz CT molecular complexity index is 90.7. The van der Waals surface area contributed by atoms with Crippen LogP contribution in [0.1, 0.15) is 33.6 Å². The van der Waals surface area contributed by atoms with E-state index in [0.29, 0.717) is 5.54 Å². The van der Waals surface area contributed by atoms with Crippen LogP contribution in [0, 0.1) is 5.92 Å². The Morgan fingerprint density at radius 3 is 2.33 bits per heavy atom. The van der Waals surface area contributed by atoms with Crippen LogP contribution in [0.3, 0.4) is 0 Å². The van der Waals surface area contributed by atoms with Crippen molar-refractivity contribution >= 4 is 0 Å². The van der Waals surface area contributed by atoms with Gasteiger partial charge in [0.15, 0.2) is 0 Å². The normalized spacial score (nSPS) is 36.0. The predicted octanol–water partition coefficient (Wildman–Crippen LogP) is 1.78. The van der Waals surface area contributed by atoms with Crippen LogP contribution in [-0.4, -0.2) is 12.1 Å². The van der Waals surface area contributed by atoms with E-state index >= 15 is 0 Å². The smallest absolute Gasteiger partial charge is 0.0176 e. The Morgan fingerprint density at radius 1 is 1.44 bits per heavy atom. The third-order valence-corrected chi connectivity index (χ3v) is 2.68. The Kier molecular flexibility index (Phi) is 1.80. The van der Waals surface area contributed by atoms with E-state index in [4.69, 9.17) is 0 Å². The second-order valence-electron chi connectivity index (χ2n) is 3.60. The molecule has 0 aromatic heterocycles. The van der Waals surface area contributed by atoms with Crippen LogP contribution in [0.4, 0.5) is 0 Å². The van der Waals surface area contributed by atoms with Crippen LogP contribution < -0.4 is 5.32 Å². The quantitative estimate of drug-likeness (QED) is 0.566. The zero-order chi connectivity index (χ0) is 6.91. The standard InChI is InChI=1S/C8H17N/c1-7(2)8(3)5-4-6-9-8/h7,9H,4-6H2,1-3H3/t8-/m0/s1. The van der Waals surface area contributed by atoms with Crippen molar-refractivity contribution < 1.29 is 0 Å². The highest BCUT2D eigenvalue weighted by molar-refractivity contribution is 4.90. The molecule has 1 fully saturated rings. The molecule has 54 valence electrons. The molecule has 0 saturated carbocycles. The van der Waals surface area contributed by atoms with Crippen LogP contribution in [0.15, 0.2) is 0 Å². The van der Waals surface area contributed by atoms with E-state index in [1.807, 2.05) is 0 Å². The molecule has 1 heteroatoms. The van der Waals surface area contributed by atoms with Gasteiger partial charge < -0.3 is 5.32 Å². The second kappa shape index (κ2) is 2.30. The summed E-state index contributed by atoms with van der Waals surface area (Å²) in [5, 5.41) is 3.53. The number of hydrogen-bond donors (Lipinski definition) is 1. The molecular formula is C8H17N. The van der Waals surface area contributed by atoms with Gasteiger partial charge in [0.25, 0.3) is 0 Å². The lowest BCUT2D eigenvalue weighted by Gasteiger charge is -2.28. The Labute approximate surface area is 57.8 Å². The summed E-state index contributed by atoms with van der Waals surface area (Å²) in [6, 6.07) is 0. The van der Waals surface area contributed by atoms with Gasteiger partial charge in [0.1, 0.15) is 0 Å². The van der Waals surface area contributed by atoms with E-state index in [1.165, 1.54) is 19.4 Å². The maximum atomic E-state index is 3.53. The first kappa shape index (κ1) is 7.07. The van der Waals surface area contributed by atoms with Gasteiger partial charge in [0.2, 0.25) is 0 Å². The van der Waals surface area contributed by atoms with E-state index in [9.17, 15) is 0 Å². The molecule has 0 aliphatic carbocycles. The minimum atomic E-state index is 0.444. The van der Waals surface area contributed by atoms with Crippen molar-refractivity contribution in [2.45, 2.75) is 39.2 Å². The molecule has 0 aromatic rings. The summed E-state index contributed by atoms with van der Waals surface area (Å²) in [6.45, 7) is 8.12. The van der Waals surface area contributed by atoms with Crippen LogP contribution in [-0.2, 0) is 0 Å². The van der Waals surface area contributed by atoms with Gasteiger partial charge in [-0.1, -0.05) is 13.8 Å². The second-order valence-corrected chi connectivity index (χ2v) is 3.60. The van der Waals surface area contributed by atoms with E-state index in [0.717, 1.165) is 5.92 Å². The van der Waals surface area contributed by atoms with Gasteiger partial charge in [-0.25, -0.2) is 0 Å². The van der Waals surface area contributed by atoms with Crippen molar-refractivity contribution in [2.75, 3.05) is 6.54 Å². The topological polar surface area (TPSA) is 12.0 Å². The molecule has 1 aliphatic heterocycles. The van der Waals surface area contributed by atoms with Crippen molar-refractivity contribution in [3.05, 3.63) is 0 Å². The molecule has 0 aromatic carbocycles. The van der Waals surface area contributed by atoms with Gasteiger partial charge in [-0.15, -0.1) is 0 Å². The molecule has 0 bridgehead atoms. The van der Waals surface area contributed by atoms with Gasteiger partial charge >= 0.3 is 0 Å².